The summed E-state index contributed by atoms with van der Waals surface area (Å²) in [7, 11) is 0. The van der Waals surface area contributed by atoms with Crippen LogP contribution in [0.5, 0.6) is 0 Å². The molecule has 1 saturated heterocycles. The summed E-state index contributed by atoms with van der Waals surface area (Å²) in [4.78, 5) is 33.1. The van der Waals surface area contributed by atoms with Crippen molar-refractivity contribution < 1.29 is 14.3 Å². The van der Waals surface area contributed by atoms with Crippen molar-refractivity contribution in [3.05, 3.63) is 78.1 Å². The molecule has 2 heterocycles. The maximum atomic E-state index is 13.7. The number of nitrogens with one attached hydrogen (secondary N) is 1. The van der Waals surface area contributed by atoms with Gasteiger partial charge in [-0.2, -0.15) is 0 Å². The second kappa shape index (κ2) is 11.1. The SMILES string of the molecule is Cc1nc2ccccc2n1[C@@H]1CCCN(C(=O)CC(Cc2ccc3ccccc3c2)NC(=O)OC(C)(C)C)C1. The predicted molar refractivity (Wildman–Crippen MR) is 155 cm³/mol. The highest BCUT2D eigenvalue weighted by atomic mass is 16.6. The van der Waals surface area contributed by atoms with E-state index in [0.717, 1.165) is 52.6 Å². The monoisotopic (exact) mass is 526 g/mol. The minimum absolute atomic E-state index is 0.0450. The van der Waals surface area contributed by atoms with E-state index in [0.29, 0.717) is 13.0 Å². The first-order valence-electron chi connectivity index (χ1n) is 13.8. The minimum atomic E-state index is -0.618. The van der Waals surface area contributed by atoms with Gasteiger partial charge in [0.2, 0.25) is 5.91 Å². The molecule has 0 aliphatic carbocycles. The Hall–Kier alpha value is -3.87. The molecule has 4 aromatic rings. The van der Waals surface area contributed by atoms with Gasteiger partial charge in [0.15, 0.2) is 0 Å². The number of rotatable bonds is 6. The van der Waals surface area contributed by atoms with Crippen LogP contribution in [0.2, 0.25) is 0 Å². The van der Waals surface area contributed by atoms with E-state index in [-0.39, 0.29) is 24.4 Å². The van der Waals surface area contributed by atoms with Gasteiger partial charge < -0.3 is 19.5 Å². The first-order chi connectivity index (χ1) is 18.7. The number of fused-ring (bicyclic) bond motifs is 2. The molecule has 0 spiro atoms. The molecule has 7 nitrogen and oxygen atoms in total. The van der Waals surface area contributed by atoms with Crippen LogP contribution in [0.25, 0.3) is 21.8 Å². The number of aromatic nitrogens is 2. The van der Waals surface area contributed by atoms with Crippen molar-refractivity contribution in [2.24, 2.45) is 0 Å². The number of imidazole rings is 1. The van der Waals surface area contributed by atoms with Crippen LogP contribution in [0.3, 0.4) is 0 Å². The fraction of sp³-hybridized carbons (Fsp3) is 0.406. The van der Waals surface area contributed by atoms with Crippen molar-refractivity contribution in [2.45, 2.75) is 71.1 Å². The number of nitrogens with zero attached hydrogens (tertiary/aromatic N) is 3. The van der Waals surface area contributed by atoms with Gasteiger partial charge >= 0.3 is 6.09 Å². The van der Waals surface area contributed by atoms with E-state index in [2.05, 4.69) is 46.3 Å². The second-order valence-electron chi connectivity index (χ2n) is 11.6. The van der Waals surface area contributed by atoms with Crippen LogP contribution < -0.4 is 5.32 Å². The lowest BCUT2D eigenvalue weighted by molar-refractivity contribution is -0.133. The molecule has 0 bridgehead atoms. The Morgan fingerprint density at radius 3 is 2.59 bits per heavy atom. The third kappa shape index (κ3) is 6.41. The van der Waals surface area contributed by atoms with Crippen LogP contribution in [0.4, 0.5) is 4.79 Å². The minimum Gasteiger partial charge on any atom is -0.444 e. The lowest BCUT2D eigenvalue weighted by Gasteiger charge is -2.35. The Kier molecular flexibility index (Phi) is 7.60. The second-order valence-corrected chi connectivity index (χ2v) is 11.6. The molecule has 3 aromatic carbocycles. The molecule has 5 rings (SSSR count). The Labute approximate surface area is 230 Å². The number of para-hydroxylation sites is 2. The van der Waals surface area contributed by atoms with Gasteiger partial charge in [0, 0.05) is 25.6 Å². The number of aryl methyl sites for hydroxylation is 1. The Balaban J connectivity index is 1.32. The van der Waals surface area contributed by atoms with Gasteiger partial charge in [-0.25, -0.2) is 9.78 Å². The molecule has 7 heteroatoms. The molecule has 1 N–H and O–H groups in total. The van der Waals surface area contributed by atoms with Gasteiger partial charge in [-0.05, 0) is 75.4 Å². The van der Waals surface area contributed by atoms with E-state index in [1.807, 2.05) is 62.9 Å². The number of likely N-dealkylation sites (tertiary alicyclic amines) is 1. The van der Waals surface area contributed by atoms with E-state index < -0.39 is 11.7 Å². The van der Waals surface area contributed by atoms with E-state index in [9.17, 15) is 9.59 Å². The molecule has 1 aliphatic rings. The lowest BCUT2D eigenvalue weighted by Crippen LogP contribution is -2.46. The van der Waals surface area contributed by atoms with Crippen molar-refractivity contribution in [1.82, 2.24) is 19.8 Å². The summed E-state index contributed by atoms with van der Waals surface area (Å²) in [6.07, 6.45) is 2.18. The number of benzene rings is 3. The van der Waals surface area contributed by atoms with Crippen LogP contribution in [0, 0.1) is 6.92 Å². The van der Waals surface area contributed by atoms with Crippen LogP contribution in [0.15, 0.2) is 66.7 Å². The zero-order valence-corrected chi connectivity index (χ0v) is 23.3. The average Bonchev–Trinajstić information content (AvgIpc) is 3.23. The van der Waals surface area contributed by atoms with Crippen LogP contribution in [-0.2, 0) is 16.0 Å². The van der Waals surface area contributed by atoms with Crippen LogP contribution >= 0.6 is 0 Å². The Morgan fingerprint density at radius 1 is 1.05 bits per heavy atom. The lowest BCUT2D eigenvalue weighted by atomic mass is 9.98. The largest absolute Gasteiger partial charge is 0.444 e. The highest BCUT2D eigenvalue weighted by Gasteiger charge is 2.29. The van der Waals surface area contributed by atoms with Crippen molar-refractivity contribution in [3.63, 3.8) is 0 Å². The van der Waals surface area contributed by atoms with Crippen LogP contribution in [0.1, 0.15) is 57.5 Å². The summed E-state index contributed by atoms with van der Waals surface area (Å²) < 4.78 is 7.82. The van der Waals surface area contributed by atoms with Gasteiger partial charge in [0.1, 0.15) is 11.4 Å². The molecule has 0 radical (unpaired) electrons. The molecule has 39 heavy (non-hydrogen) atoms. The maximum absolute atomic E-state index is 13.7. The first kappa shape index (κ1) is 26.7. The van der Waals surface area contributed by atoms with Crippen molar-refractivity contribution in [2.75, 3.05) is 13.1 Å². The topological polar surface area (TPSA) is 76.5 Å². The fourth-order valence-corrected chi connectivity index (χ4v) is 5.66. The van der Waals surface area contributed by atoms with Crippen molar-refractivity contribution in [1.29, 1.82) is 0 Å². The van der Waals surface area contributed by atoms with Gasteiger partial charge in [0.05, 0.1) is 17.1 Å². The quantitative estimate of drug-likeness (QED) is 0.325. The Morgan fingerprint density at radius 2 is 1.79 bits per heavy atom. The third-order valence-electron chi connectivity index (χ3n) is 7.32. The maximum Gasteiger partial charge on any atom is 0.407 e. The Bertz CT molecular complexity index is 1490. The molecule has 204 valence electrons. The summed E-state index contributed by atoms with van der Waals surface area (Å²) in [5.41, 5.74) is 2.54. The predicted octanol–water partition coefficient (Wildman–Crippen LogP) is 6.19. The number of carbonyl (C=O) groups excluding carboxylic acids is 2. The smallest absolute Gasteiger partial charge is 0.407 e. The summed E-state index contributed by atoms with van der Waals surface area (Å²) >= 11 is 0. The standard InChI is InChI=1S/C32H38N4O3/c1-22-33-28-13-7-8-14-29(28)36(22)27-12-9-17-35(21-27)30(37)20-26(34-31(38)39-32(2,3)4)19-23-15-16-24-10-5-6-11-25(24)18-23/h5-8,10-11,13-16,18,26-27H,9,12,17,19-21H2,1-4H3,(H,34,38)/t26?,27-/m1/s1. The van der Waals surface area contributed by atoms with Gasteiger partial charge in [-0.1, -0.05) is 54.6 Å². The van der Waals surface area contributed by atoms with Gasteiger partial charge in [-0.15, -0.1) is 0 Å². The van der Waals surface area contributed by atoms with E-state index in [4.69, 9.17) is 9.72 Å². The number of piperidine rings is 1. The molecule has 1 aromatic heterocycles. The molecule has 1 aliphatic heterocycles. The fourth-order valence-electron chi connectivity index (χ4n) is 5.66. The van der Waals surface area contributed by atoms with E-state index >= 15 is 0 Å². The highest BCUT2D eigenvalue weighted by Crippen LogP contribution is 2.28. The van der Waals surface area contributed by atoms with Crippen molar-refractivity contribution >= 4 is 33.8 Å². The summed E-state index contributed by atoms with van der Waals surface area (Å²) in [6.45, 7) is 8.90. The zero-order chi connectivity index (χ0) is 27.6. The normalized spacial score (nSPS) is 16.8. The zero-order valence-electron chi connectivity index (χ0n) is 23.3. The summed E-state index contributed by atoms with van der Waals surface area (Å²) in [5, 5.41) is 5.29. The van der Waals surface area contributed by atoms with Gasteiger partial charge in [0.25, 0.3) is 0 Å². The molecule has 1 unspecified atom stereocenters. The van der Waals surface area contributed by atoms with E-state index in [1.54, 1.807) is 0 Å². The number of amides is 2. The number of alkyl carbamates (subject to hydrolysis) is 1. The number of hydrogen-bond donors (Lipinski definition) is 1. The van der Waals surface area contributed by atoms with Gasteiger partial charge in [-0.3, -0.25) is 4.79 Å². The summed E-state index contributed by atoms with van der Waals surface area (Å²) in [6, 6.07) is 22.4. The van der Waals surface area contributed by atoms with Crippen molar-refractivity contribution in [3.8, 4) is 0 Å². The highest BCUT2D eigenvalue weighted by molar-refractivity contribution is 5.83. The number of carbonyl (C=O) groups is 2. The van der Waals surface area contributed by atoms with E-state index in [1.165, 1.54) is 0 Å². The third-order valence-corrected chi connectivity index (χ3v) is 7.32. The number of ether oxygens (including phenoxy) is 1. The summed E-state index contributed by atoms with van der Waals surface area (Å²) in [5.74, 6) is 1.01. The number of hydrogen-bond acceptors (Lipinski definition) is 4. The molecule has 1 fully saturated rings. The molecular weight excluding hydrogens is 488 g/mol. The average molecular weight is 527 g/mol. The van der Waals surface area contributed by atoms with Crippen LogP contribution in [-0.4, -0.2) is 51.2 Å². The molecule has 2 atom stereocenters. The molecule has 2 amide bonds. The molecular formula is C32H38N4O3. The first-order valence-corrected chi connectivity index (χ1v) is 13.8. The molecule has 0 saturated carbocycles.